The molecule has 0 radical (unpaired) electrons. The molecule has 1 unspecified atom stereocenters. The minimum Gasteiger partial charge on any atom is -0.467 e. The Balaban J connectivity index is 2.19. The second-order valence-corrected chi connectivity index (χ2v) is 4.19. The monoisotopic (exact) mass is 195 g/mol. The molecule has 0 aromatic carbocycles. The summed E-state index contributed by atoms with van der Waals surface area (Å²) in [6.07, 6.45) is 5.39. The first-order chi connectivity index (χ1) is 6.78. The highest BCUT2D eigenvalue weighted by Crippen LogP contribution is 2.46. The van der Waals surface area contributed by atoms with Crippen LogP contribution in [0.25, 0.3) is 0 Å². The Morgan fingerprint density at radius 1 is 1.50 bits per heavy atom. The van der Waals surface area contributed by atoms with E-state index in [0.717, 1.165) is 25.7 Å². The Morgan fingerprint density at radius 2 is 2.21 bits per heavy atom. The zero-order chi connectivity index (χ0) is 10.0. The van der Waals surface area contributed by atoms with Crippen LogP contribution in [0.1, 0.15) is 37.5 Å². The lowest BCUT2D eigenvalue weighted by Gasteiger charge is -2.31. The fourth-order valence-electron chi connectivity index (χ4n) is 2.42. The third-order valence-electron chi connectivity index (χ3n) is 3.40. The molecule has 2 rings (SSSR count). The molecule has 3 N–H and O–H groups in total. The van der Waals surface area contributed by atoms with Crippen molar-refractivity contribution >= 4 is 0 Å². The van der Waals surface area contributed by atoms with E-state index >= 15 is 0 Å². The quantitative estimate of drug-likeness (QED) is 0.773. The van der Waals surface area contributed by atoms with Gasteiger partial charge in [0.1, 0.15) is 11.9 Å². The Kier molecular flexibility index (Phi) is 2.61. The Morgan fingerprint density at radius 3 is 2.71 bits per heavy atom. The summed E-state index contributed by atoms with van der Waals surface area (Å²) in [5.41, 5.74) is 5.63. The predicted molar refractivity (Wildman–Crippen MR) is 53.6 cm³/mol. The third-order valence-corrected chi connectivity index (χ3v) is 3.40. The van der Waals surface area contributed by atoms with E-state index in [1.807, 2.05) is 6.07 Å². The van der Waals surface area contributed by atoms with Crippen molar-refractivity contribution in [1.82, 2.24) is 0 Å². The number of hydrogen-bond donors (Lipinski definition) is 2. The van der Waals surface area contributed by atoms with Crippen LogP contribution in [-0.4, -0.2) is 11.7 Å². The lowest BCUT2D eigenvalue weighted by Crippen LogP contribution is -2.33. The highest BCUT2D eigenvalue weighted by molar-refractivity contribution is 5.08. The fourth-order valence-corrected chi connectivity index (χ4v) is 2.42. The largest absolute Gasteiger partial charge is 0.467 e. The number of aliphatic hydroxyl groups is 1. The van der Waals surface area contributed by atoms with Crippen LogP contribution in [0, 0.1) is 5.41 Å². The molecular formula is C11H17NO2. The molecule has 0 spiro atoms. The van der Waals surface area contributed by atoms with E-state index in [4.69, 9.17) is 10.2 Å². The average Bonchev–Trinajstić information content (AvgIpc) is 2.89. The lowest BCUT2D eigenvalue weighted by molar-refractivity contribution is 0.0166. The number of hydrogen-bond acceptors (Lipinski definition) is 3. The summed E-state index contributed by atoms with van der Waals surface area (Å²) in [7, 11) is 0. The van der Waals surface area contributed by atoms with Crippen molar-refractivity contribution < 1.29 is 9.52 Å². The molecule has 1 heterocycles. The number of nitrogens with two attached hydrogens (primary N) is 1. The smallest absolute Gasteiger partial charge is 0.132 e. The van der Waals surface area contributed by atoms with E-state index in [1.54, 1.807) is 12.3 Å². The van der Waals surface area contributed by atoms with E-state index in [-0.39, 0.29) is 5.41 Å². The molecule has 1 atom stereocenters. The van der Waals surface area contributed by atoms with Crippen molar-refractivity contribution in [3.63, 3.8) is 0 Å². The van der Waals surface area contributed by atoms with E-state index in [0.29, 0.717) is 12.3 Å². The van der Waals surface area contributed by atoms with Gasteiger partial charge in [0.15, 0.2) is 0 Å². The van der Waals surface area contributed by atoms with Gasteiger partial charge in [0.25, 0.3) is 0 Å². The first-order valence-electron chi connectivity index (χ1n) is 5.20. The van der Waals surface area contributed by atoms with E-state index in [1.165, 1.54) is 0 Å². The highest BCUT2D eigenvalue weighted by atomic mass is 16.4. The van der Waals surface area contributed by atoms with Crippen LogP contribution in [-0.2, 0) is 0 Å². The third kappa shape index (κ3) is 1.47. The van der Waals surface area contributed by atoms with Crippen LogP contribution >= 0.6 is 0 Å². The standard InChI is InChI=1S/C11H17NO2/c12-8-11(5-1-2-6-11)10(13)9-4-3-7-14-9/h3-4,7,10,13H,1-2,5-6,8,12H2. The van der Waals surface area contributed by atoms with Gasteiger partial charge in [-0.1, -0.05) is 12.8 Å². The van der Waals surface area contributed by atoms with Gasteiger partial charge in [-0.05, 0) is 25.0 Å². The van der Waals surface area contributed by atoms with Crippen LogP contribution in [0.5, 0.6) is 0 Å². The summed E-state index contributed by atoms with van der Waals surface area (Å²) in [5, 5.41) is 10.2. The predicted octanol–water partition coefficient (Wildman–Crippen LogP) is 1.83. The Labute approximate surface area is 83.9 Å². The lowest BCUT2D eigenvalue weighted by atomic mass is 9.79. The van der Waals surface area contributed by atoms with E-state index in [9.17, 15) is 5.11 Å². The molecule has 3 nitrogen and oxygen atoms in total. The molecule has 0 aliphatic heterocycles. The van der Waals surface area contributed by atoms with Gasteiger partial charge in [-0.2, -0.15) is 0 Å². The maximum atomic E-state index is 10.2. The molecule has 0 amide bonds. The van der Waals surface area contributed by atoms with Crippen molar-refractivity contribution in [2.24, 2.45) is 11.1 Å². The fraction of sp³-hybridized carbons (Fsp3) is 0.636. The summed E-state index contributed by atoms with van der Waals surface area (Å²) < 4.78 is 5.23. The Hall–Kier alpha value is -0.800. The first-order valence-corrected chi connectivity index (χ1v) is 5.20. The minimum absolute atomic E-state index is 0.141. The van der Waals surface area contributed by atoms with Gasteiger partial charge in [0.2, 0.25) is 0 Å². The van der Waals surface area contributed by atoms with Gasteiger partial charge in [-0.25, -0.2) is 0 Å². The molecule has 1 aliphatic rings. The highest BCUT2D eigenvalue weighted by Gasteiger charge is 2.41. The molecule has 3 heteroatoms. The molecular weight excluding hydrogens is 178 g/mol. The SMILES string of the molecule is NCC1(C(O)c2ccco2)CCCC1. The first kappa shape index (κ1) is 9.74. The number of aliphatic hydroxyl groups excluding tert-OH is 1. The maximum absolute atomic E-state index is 10.2. The van der Waals surface area contributed by atoms with Crippen molar-refractivity contribution in [3.8, 4) is 0 Å². The van der Waals surface area contributed by atoms with Gasteiger partial charge >= 0.3 is 0 Å². The van der Waals surface area contributed by atoms with Crippen LogP contribution < -0.4 is 5.73 Å². The maximum Gasteiger partial charge on any atom is 0.132 e. The Bertz CT molecular complexity index is 275. The van der Waals surface area contributed by atoms with Gasteiger partial charge < -0.3 is 15.3 Å². The van der Waals surface area contributed by atoms with Gasteiger partial charge in [-0.15, -0.1) is 0 Å². The molecule has 1 fully saturated rings. The second-order valence-electron chi connectivity index (χ2n) is 4.19. The molecule has 1 saturated carbocycles. The van der Waals surface area contributed by atoms with Crippen molar-refractivity contribution in [2.75, 3.05) is 6.54 Å². The zero-order valence-electron chi connectivity index (χ0n) is 8.28. The van der Waals surface area contributed by atoms with Crippen LogP contribution in [0.4, 0.5) is 0 Å². The van der Waals surface area contributed by atoms with E-state index in [2.05, 4.69) is 0 Å². The zero-order valence-corrected chi connectivity index (χ0v) is 8.28. The average molecular weight is 195 g/mol. The summed E-state index contributed by atoms with van der Waals surface area (Å²) in [6, 6.07) is 3.62. The van der Waals surface area contributed by atoms with Crippen molar-refractivity contribution in [2.45, 2.75) is 31.8 Å². The van der Waals surface area contributed by atoms with Gasteiger partial charge in [-0.3, -0.25) is 0 Å². The van der Waals surface area contributed by atoms with Crippen LogP contribution in [0.3, 0.4) is 0 Å². The van der Waals surface area contributed by atoms with Crippen LogP contribution in [0.2, 0.25) is 0 Å². The summed E-state index contributed by atoms with van der Waals surface area (Å²) in [6.45, 7) is 0.537. The molecule has 1 aliphatic carbocycles. The summed E-state index contributed by atoms with van der Waals surface area (Å²) in [4.78, 5) is 0. The van der Waals surface area contributed by atoms with Gasteiger partial charge in [0.05, 0.1) is 6.26 Å². The summed E-state index contributed by atoms with van der Waals surface area (Å²) >= 11 is 0. The van der Waals surface area contributed by atoms with Crippen molar-refractivity contribution in [3.05, 3.63) is 24.2 Å². The molecule has 0 saturated heterocycles. The molecule has 14 heavy (non-hydrogen) atoms. The number of furan rings is 1. The topological polar surface area (TPSA) is 59.4 Å². The second kappa shape index (κ2) is 3.75. The van der Waals surface area contributed by atoms with E-state index < -0.39 is 6.10 Å². The number of rotatable bonds is 3. The molecule has 0 bridgehead atoms. The summed E-state index contributed by atoms with van der Waals surface area (Å²) in [5.74, 6) is 0.650. The molecule has 1 aromatic heterocycles. The van der Waals surface area contributed by atoms with Gasteiger partial charge in [0, 0.05) is 12.0 Å². The van der Waals surface area contributed by atoms with Crippen LogP contribution in [0.15, 0.2) is 22.8 Å². The molecule has 78 valence electrons. The minimum atomic E-state index is -0.537. The normalized spacial score (nSPS) is 22.4. The van der Waals surface area contributed by atoms with Crippen molar-refractivity contribution in [1.29, 1.82) is 0 Å². The molecule has 1 aromatic rings.